The van der Waals surface area contributed by atoms with Gasteiger partial charge in [-0.3, -0.25) is 19.6 Å². The van der Waals surface area contributed by atoms with Crippen LogP contribution in [0.15, 0.2) is 79.1 Å². The number of fused-ring (bicyclic) bond motifs is 1. The summed E-state index contributed by atoms with van der Waals surface area (Å²) in [4.78, 5) is 31.0. The zero-order chi connectivity index (χ0) is 30.2. The molecule has 0 aliphatic carbocycles. The fourth-order valence-electron chi connectivity index (χ4n) is 4.65. The van der Waals surface area contributed by atoms with Crippen LogP contribution < -0.4 is 31.0 Å². The second-order valence-corrected chi connectivity index (χ2v) is 10.5. The summed E-state index contributed by atoms with van der Waals surface area (Å²) in [6.45, 7) is 10.1. The summed E-state index contributed by atoms with van der Waals surface area (Å²) in [6, 6.07) is 19.3. The van der Waals surface area contributed by atoms with Gasteiger partial charge in [-0.2, -0.15) is 0 Å². The van der Waals surface area contributed by atoms with E-state index in [0.717, 1.165) is 10.8 Å². The number of aromatic nitrogens is 1. The largest absolute Gasteiger partial charge is 0.490 e. The van der Waals surface area contributed by atoms with E-state index in [2.05, 4.69) is 15.6 Å². The topological polar surface area (TPSA) is 119 Å². The van der Waals surface area contributed by atoms with Crippen molar-refractivity contribution in [1.29, 1.82) is 0 Å². The van der Waals surface area contributed by atoms with Crippen molar-refractivity contribution in [3.05, 3.63) is 95.8 Å². The Morgan fingerprint density at radius 2 is 1.74 bits per heavy atom. The number of carbonyl (C=O) groups is 2. The highest BCUT2D eigenvalue weighted by atomic mass is 16.5. The number of ether oxygens (including phenoxy) is 2. The van der Waals surface area contributed by atoms with E-state index in [1.165, 1.54) is 5.01 Å². The number of anilines is 1. The van der Waals surface area contributed by atoms with Gasteiger partial charge in [0.1, 0.15) is 6.04 Å². The summed E-state index contributed by atoms with van der Waals surface area (Å²) in [6.07, 6.45) is 3.44. The number of nitrogens with two attached hydrogens (primary N) is 1. The van der Waals surface area contributed by atoms with Gasteiger partial charge in [0.25, 0.3) is 5.91 Å². The van der Waals surface area contributed by atoms with Gasteiger partial charge in [-0.1, -0.05) is 30.3 Å². The van der Waals surface area contributed by atoms with E-state index in [-0.39, 0.29) is 30.5 Å². The summed E-state index contributed by atoms with van der Waals surface area (Å²) >= 11 is 0. The summed E-state index contributed by atoms with van der Waals surface area (Å²) in [5.74, 6) is 7.30. The Morgan fingerprint density at radius 3 is 2.48 bits per heavy atom. The predicted octanol–water partition coefficient (Wildman–Crippen LogP) is 5.30. The molecule has 0 spiro atoms. The molecule has 1 atom stereocenters. The Hall–Kier alpha value is -4.63. The maximum Gasteiger partial charge on any atom is 0.251 e. The molecular weight excluding hydrogens is 530 g/mol. The minimum atomic E-state index is -0.923. The third-order valence-electron chi connectivity index (χ3n) is 6.53. The lowest BCUT2D eigenvalue weighted by Crippen LogP contribution is -2.44. The van der Waals surface area contributed by atoms with Crippen LogP contribution in [0.4, 0.5) is 5.69 Å². The van der Waals surface area contributed by atoms with Gasteiger partial charge in [0, 0.05) is 35.9 Å². The molecule has 4 rings (SSSR count). The van der Waals surface area contributed by atoms with E-state index >= 15 is 0 Å². The molecule has 0 aliphatic rings. The van der Waals surface area contributed by atoms with Gasteiger partial charge in [-0.25, -0.2) is 5.84 Å². The van der Waals surface area contributed by atoms with Crippen molar-refractivity contribution in [2.45, 2.75) is 59.4 Å². The number of rotatable bonds is 12. The van der Waals surface area contributed by atoms with E-state index in [1.807, 2.05) is 77.1 Å². The molecule has 1 unspecified atom stereocenters. The minimum Gasteiger partial charge on any atom is -0.490 e. The number of hydrogen-bond acceptors (Lipinski definition) is 7. The fourth-order valence-corrected chi connectivity index (χ4v) is 4.65. The molecule has 4 N–H and O–H groups in total. The molecule has 1 aromatic heterocycles. The fraction of sp³-hybridized carbons (Fsp3) is 0.303. The molecular formula is C33H39N5O4. The Morgan fingerprint density at radius 1 is 0.952 bits per heavy atom. The SMILES string of the molecule is CCOc1cc(C(C(=O)NCc2ccccc2C(=O)NC(C)C)N(N)c2ccc3cnccc3c2)ccc1OC(C)C. The van der Waals surface area contributed by atoms with E-state index in [0.29, 0.717) is 40.5 Å². The first-order chi connectivity index (χ1) is 20.2. The van der Waals surface area contributed by atoms with Crippen LogP contribution in [-0.2, 0) is 11.3 Å². The highest BCUT2D eigenvalue weighted by Gasteiger charge is 2.28. The van der Waals surface area contributed by atoms with Crippen molar-refractivity contribution in [3.8, 4) is 11.5 Å². The van der Waals surface area contributed by atoms with Crippen LogP contribution in [0.3, 0.4) is 0 Å². The monoisotopic (exact) mass is 569 g/mol. The summed E-state index contributed by atoms with van der Waals surface area (Å²) < 4.78 is 11.8. The average Bonchev–Trinajstić information content (AvgIpc) is 2.97. The molecule has 2 amide bonds. The summed E-state index contributed by atoms with van der Waals surface area (Å²) in [5, 5.41) is 9.27. The van der Waals surface area contributed by atoms with Crippen LogP contribution >= 0.6 is 0 Å². The van der Waals surface area contributed by atoms with Gasteiger partial charge in [-0.15, -0.1) is 0 Å². The Kier molecular flexibility index (Phi) is 9.98. The molecule has 9 heteroatoms. The third kappa shape index (κ3) is 7.36. The molecule has 0 saturated carbocycles. The van der Waals surface area contributed by atoms with Crippen molar-refractivity contribution in [2.24, 2.45) is 5.84 Å². The van der Waals surface area contributed by atoms with Crippen LogP contribution in [0.1, 0.15) is 62.1 Å². The Bertz CT molecular complexity index is 1540. The van der Waals surface area contributed by atoms with Gasteiger partial charge in [0.15, 0.2) is 11.5 Å². The first kappa shape index (κ1) is 30.3. The lowest BCUT2D eigenvalue weighted by Gasteiger charge is -2.30. The quantitative estimate of drug-likeness (QED) is 0.157. The average molecular weight is 570 g/mol. The van der Waals surface area contributed by atoms with Gasteiger partial charge >= 0.3 is 0 Å². The van der Waals surface area contributed by atoms with Crippen LogP contribution in [0.2, 0.25) is 0 Å². The number of nitrogens with zero attached hydrogens (tertiary/aromatic N) is 2. The lowest BCUT2D eigenvalue weighted by atomic mass is 10.0. The summed E-state index contributed by atoms with van der Waals surface area (Å²) in [7, 11) is 0. The zero-order valence-electron chi connectivity index (χ0n) is 24.8. The smallest absolute Gasteiger partial charge is 0.251 e. The van der Waals surface area contributed by atoms with Crippen LogP contribution in [-0.4, -0.2) is 35.6 Å². The maximum absolute atomic E-state index is 14.0. The van der Waals surface area contributed by atoms with Crippen molar-refractivity contribution in [2.75, 3.05) is 11.6 Å². The van der Waals surface area contributed by atoms with E-state index in [1.54, 1.807) is 36.7 Å². The molecule has 0 fully saturated rings. The molecule has 0 saturated heterocycles. The second-order valence-electron chi connectivity index (χ2n) is 10.5. The van der Waals surface area contributed by atoms with Crippen LogP contribution in [0, 0.1) is 0 Å². The zero-order valence-corrected chi connectivity index (χ0v) is 24.8. The van der Waals surface area contributed by atoms with E-state index < -0.39 is 6.04 Å². The van der Waals surface area contributed by atoms with Gasteiger partial charge < -0.3 is 20.1 Å². The predicted molar refractivity (Wildman–Crippen MR) is 165 cm³/mol. The van der Waals surface area contributed by atoms with Crippen molar-refractivity contribution < 1.29 is 19.1 Å². The molecule has 220 valence electrons. The number of hydrazine groups is 1. The van der Waals surface area contributed by atoms with Crippen molar-refractivity contribution in [1.82, 2.24) is 15.6 Å². The molecule has 1 heterocycles. The number of amides is 2. The third-order valence-corrected chi connectivity index (χ3v) is 6.53. The highest BCUT2D eigenvalue weighted by Crippen LogP contribution is 2.34. The first-order valence-corrected chi connectivity index (χ1v) is 14.2. The van der Waals surface area contributed by atoms with Gasteiger partial charge in [-0.05, 0) is 87.5 Å². The maximum atomic E-state index is 14.0. The lowest BCUT2D eigenvalue weighted by molar-refractivity contribution is -0.122. The van der Waals surface area contributed by atoms with Crippen LogP contribution in [0.5, 0.6) is 11.5 Å². The molecule has 9 nitrogen and oxygen atoms in total. The van der Waals surface area contributed by atoms with Gasteiger partial charge in [0.2, 0.25) is 5.91 Å². The summed E-state index contributed by atoms with van der Waals surface area (Å²) in [5.41, 5.74) is 2.46. The molecule has 0 bridgehead atoms. The second kappa shape index (κ2) is 13.8. The van der Waals surface area contributed by atoms with Crippen molar-refractivity contribution in [3.63, 3.8) is 0 Å². The standard InChI is InChI=1S/C33H39N5O4/c1-6-41-30-18-24(12-14-29(30)42-22(4)5)31(38(34)27-13-11-25-19-35-16-15-23(25)17-27)33(40)36-20-26-9-7-8-10-28(26)32(39)37-21(2)3/h7-19,21-22,31H,6,20,34H2,1-5H3,(H,36,40)(H,37,39). The number of carbonyl (C=O) groups excluding carboxylic acids is 2. The molecule has 0 radical (unpaired) electrons. The van der Waals surface area contributed by atoms with E-state index in [9.17, 15) is 9.59 Å². The number of hydrogen-bond donors (Lipinski definition) is 3. The van der Waals surface area contributed by atoms with Gasteiger partial charge in [0.05, 0.1) is 18.4 Å². The van der Waals surface area contributed by atoms with Crippen molar-refractivity contribution >= 4 is 28.3 Å². The number of pyridine rings is 1. The molecule has 0 aliphatic heterocycles. The molecule has 42 heavy (non-hydrogen) atoms. The highest BCUT2D eigenvalue weighted by molar-refractivity contribution is 5.96. The Labute approximate surface area is 247 Å². The number of benzene rings is 3. The normalized spacial score (nSPS) is 11.8. The minimum absolute atomic E-state index is 0.0183. The van der Waals surface area contributed by atoms with Crippen LogP contribution in [0.25, 0.3) is 10.8 Å². The Balaban J connectivity index is 1.70. The molecule has 3 aromatic carbocycles. The first-order valence-electron chi connectivity index (χ1n) is 14.2. The molecule has 4 aromatic rings. The van der Waals surface area contributed by atoms with E-state index in [4.69, 9.17) is 15.3 Å². The number of nitrogens with one attached hydrogen (secondary N) is 2.